The monoisotopic (exact) mass is 658 g/mol. The van der Waals surface area contributed by atoms with Crippen LogP contribution >= 0.6 is 0 Å². The van der Waals surface area contributed by atoms with Crippen molar-refractivity contribution in [3.63, 3.8) is 0 Å². The number of benzene rings is 4. The molecule has 0 saturated carbocycles. The fourth-order valence-electron chi connectivity index (χ4n) is 5.43. The van der Waals surface area contributed by atoms with Gasteiger partial charge in [-0.1, -0.05) is 42.5 Å². The highest BCUT2D eigenvalue weighted by Gasteiger charge is 2.31. The molecular formula is C32H26N4O8S2. The third kappa shape index (κ3) is 5.43. The standard InChI is InChI=1S/C32H26N4O8S2/c37-31(33-39)14-11-25-20-36(45(41,42)26-6-2-1-3-7-26)30-19-22(9-12-28(25)30)21-5-4-8-27(18-21)46(43,44)35-16-15-23-17-24(32(38)34-40)10-13-29(23)35/h1-14,17-20,39-40H,15-16H2,(H,33,37)(H,34,38)/b14-11+. The summed E-state index contributed by atoms with van der Waals surface area (Å²) in [6, 6.07) is 23.6. The number of nitrogens with zero attached hydrogens (tertiary/aromatic N) is 2. The van der Waals surface area contributed by atoms with Gasteiger partial charge in [0.1, 0.15) is 0 Å². The molecule has 2 amide bonds. The van der Waals surface area contributed by atoms with Crippen LogP contribution in [-0.4, -0.2) is 49.6 Å². The smallest absolute Gasteiger partial charge is 0.274 e. The Kier molecular flexibility index (Phi) is 7.96. The number of aromatic nitrogens is 1. The molecule has 5 aromatic rings. The summed E-state index contributed by atoms with van der Waals surface area (Å²) in [5, 5.41) is 18.3. The van der Waals surface area contributed by atoms with Gasteiger partial charge >= 0.3 is 0 Å². The topological polar surface area (TPSA) is 175 Å². The van der Waals surface area contributed by atoms with Crippen molar-refractivity contribution in [2.45, 2.75) is 16.2 Å². The summed E-state index contributed by atoms with van der Waals surface area (Å²) < 4.78 is 57.5. The van der Waals surface area contributed by atoms with E-state index in [-0.39, 0.29) is 27.4 Å². The lowest BCUT2D eigenvalue weighted by Crippen LogP contribution is -2.29. The maximum Gasteiger partial charge on any atom is 0.274 e. The van der Waals surface area contributed by atoms with Crippen LogP contribution in [0, 0.1) is 0 Å². The molecule has 4 aromatic carbocycles. The number of anilines is 1. The van der Waals surface area contributed by atoms with Crippen molar-refractivity contribution in [1.29, 1.82) is 0 Å². The lowest BCUT2D eigenvalue weighted by molar-refractivity contribution is -0.124. The zero-order valence-electron chi connectivity index (χ0n) is 23.9. The van der Waals surface area contributed by atoms with Gasteiger partial charge in [0, 0.05) is 35.3 Å². The van der Waals surface area contributed by atoms with Gasteiger partial charge in [0.05, 0.1) is 21.0 Å². The first-order valence-electron chi connectivity index (χ1n) is 13.8. The molecule has 1 aromatic heterocycles. The number of hydroxylamine groups is 2. The van der Waals surface area contributed by atoms with E-state index in [1.807, 2.05) is 0 Å². The van der Waals surface area contributed by atoms with Crippen LogP contribution in [0.4, 0.5) is 5.69 Å². The summed E-state index contributed by atoms with van der Waals surface area (Å²) in [4.78, 5) is 23.6. The van der Waals surface area contributed by atoms with Crippen LogP contribution in [0.5, 0.6) is 0 Å². The first kappa shape index (κ1) is 30.7. The fourth-order valence-corrected chi connectivity index (χ4v) is 8.37. The van der Waals surface area contributed by atoms with Crippen LogP contribution in [0.1, 0.15) is 21.5 Å². The Morgan fingerprint density at radius 3 is 2.24 bits per heavy atom. The van der Waals surface area contributed by atoms with Crippen molar-refractivity contribution in [3.8, 4) is 11.1 Å². The second-order valence-electron chi connectivity index (χ2n) is 10.4. The van der Waals surface area contributed by atoms with Crippen LogP contribution in [0.2, 0.25) is 0 Å². The van der Waals surface area contributed by atoms with E-state index in [4.69, 9.17) is 10.4 Å². The largest absolute Gasteiger partial charge is 0.288 e. The summed E-state index contributed by atoms with van der Waals surface area (Å²) in [5.41, 5.74) is 6.09. The molecular weight excluding hydrogens is 633 g/mol. The van der Waals surface area contributed by atoms with Gasteiger partial charge in [-0.2, -0.15) is 0 Å². The number of hydrogen-bond donors (Lipinski definition) is 4. The molecule has 0 aliphatic carbocycles. The number of carbonyl (C=O) groups excluding carboxylic acids is 2. The molecule has 2 heterocycles. The Balaban J connectivity index is 1.42. The number of nitrogens with one attached hydrogen (secondary N) is 2. The molecule has 0 bridgehead atoms. The molecule has 4 N–H and O–H groups in total. The molecule has 12 nitrogen and oxygen atoms in total. The molecule has 6 rings (SSSR count). The van der Waals surface area contributed by atoms with E-state index in [9.17, 15) is 26.4 Å². The van der Waals surface area contributed by atoms with Gasteiger partial charge < -0.3 is 0 Å². The molecule has 0 spiro atoms. The second-order valence-corrected chi connectivity index (χ2v) is 14.1. The molecule has 0 saturated heterocycles. The molecule has 1 aliphatic rings. The maximum absolute atomic E-state index is 13.8. The molecule has 234 valence electrons. The number of rotatable bonds is 8. The van der Waals surface area contributed by atoms with Crippen LogP contribution in [0.3, 0.4) is 0 Å². The Bertz CT molecular complexity index is 2260. The van der Waals surface area contributed by atoms with E-state index in [0.717, 1.165) is 10.0 Å². The molecule has 0 atom stereocenters. The van der Waals surface area contributed by atoms with Gasteiger partial charge in [-0.25, -0.2) is 31.8 Å². The van der Waals surface area contributed by atoms with Crippen LogP contribution in [0.25, 0.3) is 28.1 Å². The summed E-state index contributed by atoms with van der Waals surface area (Å²) in [6.07, 6.45) is 4.19. The zero-order chi connectivity index (χ0) is 32.6. The first-order chi connectivity index (χ1) is 22.0. The van der Waals surface area contributed by atoms with Crippen molar-refractivity contribution >= 4 is 54.5 Å². The average Bonchev–Trinajstić information content (AvgIpc) is 3.69. The minimum atomic E-state index is -4.08. The van der Waals surface area contributed by atoms with Gasteiger partial charge in [-0.05, 0) is 77.7 Å². The zero-order valence-corrected chi connectivity index (χ0v) is 25.5. The number of carbonyl (C=O) groups is 2. The number of fused-ring (bicyclic) bond motifs is 2. The van der Waals surface area contributed by atoms with Crippen molar-refractivity contribution < 1.29 is 36.8 Å². The Morgan fingerprint density at radius 2 is 1.50 bits per heavy atom. The normalized spacial score (nSPS) is 13.2. The van der Waals surface area contributed by atoms with E-state index in [1.165, 1.54) is 58.5 Å². The van der Waals surface area contributed by atoms with Gasteiger partial charge in [0.15, 0.2) is 0 Å². The number of hydrogen-bond acceptors (Lipinski definition) is 8. The fraction of sp³-hybridized carbons (Fsp3) is 0.0625. The second kappa shape index (κ2) is 11.9. The molecule has 0 fully saturated rings. The third-order valence-corrected chi connectivity index (χ3v) is 11.2. The minimum Gasteiger partial charge on any atom is -0.288 e. The van der Waals surface area contributed by atoms with E-state index in [2.05, 4.69) is 0 Å². The number of amides is 2. The van der Waals surface area contributed by atoms with Gasteiger partial charge in [0.2, 0.25) is 0 Å². The van der Waals surface area contributed by atoms with E-state index < -0.39 is 31.9 Å². The predicted molar refractivity (Wildman–Crippen MR) is 169 cm³/mol. The highest BCUT2D eigenvalue weighted by Crippen LogP contribution is 2.36. The van der Waals surface area contributed by atoms with E-state index >= 15 is 0 Å². The summed E-state index contributed by atoms with van der Waals surface area (Å²) >= 11 is 0. The average molecular weight is 659 g/mol. The lowest BCUT2D eigenvalue weighted by Gasteiger charge is -2.20. The maximum atomic E-state index is 13.8. The highest BCUT2D eigenvalue weighted by molar-refractivity contribution is 7.92. The van der Waals surface area contributed by atoms with Gasteiger partial charge in [-0.3, -0.25) is 24.3 Å². The van der Waals surface area contributed by atoms with Crippen LogP contribution in [0.15, 0.2) is 113 Å². The first-order valence-corrected chi connectivity index (χ1v) is 16.7. The minimum absolute atomic E-state index is 0.0149. The number of sulfonamides is 1. The summed E-state index contributed by atoms with van der Waals surface area (Å²) in [5.74, 6) is -1.49. The van der Waals surface area contributed by atoms with Crippen molar-refractivity contribution in [1.82, 2.24) is 14.9 Å². The highest BCUT2D eigenvalue weighted by atomic mass is 32.2. The summed E-state index contributed by atoms with van der Waals surface area (Å²) in [7, 11) is -8.11. The van der Waals surface area contributed by atoms with Gasteiger partial charge in [-0.15, -0.1) is 0 Å². The molecule has 0 unspecified atom stereocenters. The Hall–Kier alpha value is -5.28. The van der Waals surface area contributed by atoms with Crippen molar-refractivity contribution in [2.24, 2.45) is 0 Å². The Labute approximate surface area is 263 Å². The molecule has 0 radical (unpaired) electrons. The summed E-state index contributed by atoms with van der Waals surface area (Å²) in [6.45, 7) is 0.160. The quantitative estimate of drug-likeness (QED) is 0.110. The lowest BCUT2D eigenvalue weighted by atomic mass is 10.0. The molecule has 46 heavy (non-hydrogen) atoms. The van der Waals surface area contributed by atoms with E-state index in [1.54, 1.807) is 60.1 Å². The van der Waals surface area contributed by atoms with Crippen LogP contribution < -0.4 is 15.3 Å². The molecule has 14 heteroatoms. The van der Waals surface area contributed by atoms with Crippen molar-refractivity contribution in [2.75, 3.05) is 10.8 Å². The van der Waals surface area contributed by atoms with E-state index in [0.29, 0.717) is 39.7 Å². The van der Waals surface area contributed by atoms with Crippen molar-refractivity contribution in [3.05, 3.63) is 120 Å². The molecule has 1 aliphatic heterocycles. The third-order valence-electron chi connectivity index (χ3n) is 7.68. The Morgan fingerprint density at radius 1 is 0.761 bits per heavy atom. The van der Waals surface area contributed by atoms with Crippen LogP contribution in [-0.2, 0) is 31.3 Å². The SMILES string of the molecule is O=C(/C=C/c1cn(S(=O)(=O)c2ccccc2)c2cc(-c3cccc(S(=O)(=O)N4CCc5cc(C(=O)NO)ccc54)c3)ccc12)NO. The predicted octanol–water partition coefficient (Wildman–Crippen LogP) is 3.93. The van der Waals surface area contributed by atoms with Gasteiger partial charge in [0.25, 0.3) is 31.9 Å².